The molecule has 0 N–H and O–H groups in total. The zero-order valence-corrected chi connectivity index (χ0v) is 14.2. The highest BCUT2D eigenvalue weighted by atomic mass is 16.5. The van der Waals surface area contributed by atoms with E-state index >= 15 is 0 Å². The van der Waals surface area contributed by atoms with E-state index in [9.17, 15) is 4.79 Å². The fourth-order valence-electron chi connectivity index (χ4n) is 2.79. The first kappa shape index (κ1) is 16.1. The van der Waals surface area contributed by atoms with Crippen molar-refractivity contribution >= 4 is 11.6 Å². The molecule has 0 unspecified atom stereocenters. The number of aromatic nitrogens is 2. The number of carbonyl (C=O) groups excluding carboxylic acids is 1. The Kier molecular flexibility index (Phi) is 4.27. The van der Waals surface area contributed by atoms with Crippen molar-refractivity contribution < 1.29 is 18.8 Å². The first-order chi connectivity index (χ1) is 12.7. The topological polar surface area (TPSA) is 77.7 Å². The number of hydrogen-bond donors (Lipinski definition) is 0. The Morgan fingerprint density at radius 3 is 2.96 bits per heavy atom. The summed E-state index contributed by atoms with van der Waals surface area (Å²) in [6, 6.07) is 14.9. The molecule has 1 aliphatic rings. The van der Waals surface area contributed by atoms with Gasteiger partial charge in [0.15, 0.2) is 6.61 Å². The van der Waals surface area contributed by atoms with Crippen LogP contribution in [0.15, 0.2) is 53.1 Å². The number of hydrogen-bond acceptors (Lipinski definition) is 6. The van der Waals surface area contributed by atoms with Crippen LogP contribution >= 0.6 is 0 Å². The lowest BCUT2D eigenvalue weighted by molar-refractivity contribution is -0.121. The summed E-state index contributed by atoms with van der Waals surface area (Å²) in [6.07, 6.45) is 0. The fourth-order valence-corrected chi connectivity index (χ4v) is 2.79. The summed E-state index contributed by atoms with van der Waals surface area (Å²) in [4.78, 5) is 18.3. The average molecular weight is 351 g/mol. The molecule has 0 aliphatic carbocycles. The molecule has 3 aromatic rings. The van der Waals surface area contributed by atoms with E-state index in [1.807, 2.05) is 55.5 Å². The quantitative estimate of drug-likeness (QED) is 0.703. The largest absolute Gasteiger partial charge is 0.494 e. The first-order valence-corrected chi connectivity index (χ1v) is 8.32. The van der Waals surface area contributed by atoms with Gasteiger partial charge in [-0.25, -0.2) is 0 Å². The molecular weight excluding hydrogens is 334 g/mol. The Morgan fingerprint density at radius 1 is 1.19 bits per heavy atom. The predicted molar refractivity (Wildman–Crippen MR) is 94.0 cm³/mol. The van der Waals surface area contributed by atoms with Crippen molar-refractivity contribution in [2.24, 2.45) is 0 Å². The number of benzene rings is 2. The van der Waals surface area contributed by atoms with Crippen molar-refractivity contribution in [2.45, 2.75) is 13.5 Å². The molecule has 0 atom stereocenters. The second kappa shape index (κ2) is 6.87. The highest BCUT2D eigenvalue weighted by Gasteiger charge is 2.27. The number of ether oxygens (including phenoxy) is 2. The van der Waals surface area contributed by atoms with Crippen molar-refractivity contribution in [3.8, 4) is 22.9 Å². The maximum Gasteiger partial charge on any atom is 0.265 e. The average Bonchev–Trinajstić information content (AvgIpc) is 3.13. The van der Waals surface area contributed by atoms with Gasteiger partial charge in [-0.3, -0.25) is 9.69 Å². The molecule has 1 aromatic heterocycles. The van der Waals surface area contributed by atoms with E-state index in [4.69, 9.17) is 14.0 Å². The van der Waals surface area contributed by atoms with Gasteiger partial charge in [-0.1, -0.05) is 29.4 Å². The third kappa shape index (κ3) is 3.11. The van der Waals surface area contributed by atoms with Gasteiger partial charge in [0.05, 0.1) is 12.3 Å². The maximum absolute atomic E-state index is 12.2. The van der Waals surface area contributed by atoms with Crippen LogP contribution in [0.5, 0.6) is 11.5 Å². The van der Waals surface area contributed by atoms with E-state index in [0.29, 0.717) is 29.8 Å². The number of nitrogens with zero attached hydrogens (tertiary/aromatic N) is 3. The van der Waals surface area contributed by atoms with E-state index in [-0.39, 0.29) is 19.1 Å². The van der Waals surface area contributed by atoms with Crippen molar-refractivity contribution in [1.82, 2.24) is 10.1 Å². The summed E-state index contributed by atoms with van der Waals surface area (Å²) in [6.45, 7) is 2.70. The number of para-hydroxylation sites is 2. The molecule has 1 aliphatic heterocycles. The smallest absolute Gasteiger partial charge is 0.265 e. The molecular formula is C19H17N3O4. The molecule has 0 saturated carbocycles. The van der Waals surface area contributed by atoms with Crippen molar-refractivity contribution in [2.75, 3.05) is 18.1 Å². The first-order valence-electron chi connectivity index (χ1n) is 8.32. The van der Waals surface area contributed by atoms with Crippen LogP contribution in [0.2, 0.25) is 0 Å². The molecule has 0 bridgehead atoms. The number of rotatable bonds is 5. The van der Waals surface area contributed by atoms with Gasteiger partial charge in [0.25, 0.3) is 5.91 Å². The van der Waals surface area contributed by atoms with Gasteiger partial charge in [0.1, 0.15) is 18.0 Å². The second-order valence-corrected chi connectivity index (χ2v) is 5.71. The van der Waals surface area contributed by atoms with Gasteiger partial charge < -0.3 is 14.0 Å². The van der Waals surface area contributed by atoms with Gasteiger partial charge in [-0.15, -0.1) is 0 Å². The third-order valence-corrected chi connectivity index (χ3v) is 3.97. The molecule has 7 nitrogen and oxygen atoms in total. The minimum atomic E-state index is -0.151. The van der Waals surface area contributed by atoms with Gasteiger partial charge in [-0.2, -0.15) is 4.98 Å². The zero-order valence-electron chi connectivity index (χ0n) is 14.2. The molecule has 1 amide bonds. The van der Waals surface area contributed by atoms with Crippen LogP contribution in [-0.2, 0) is 11.3 Å². The summed E-state index contributed by atoms with van der Waals surface area (Å²) < 4.78 is 16.3. The van der Waals surface area contributed by atoms with E-state index in [0.717, 1.165) is 11.3 Å². The minimum Gasteiger partial charge on any atom is -0.494 e. The van der Waals surface area contributed by atoms with Crippen molar-refractivity contribution in [3.05, 3.63) is 54.4 Å². The second-order valence-electron chi connectivity index (χ2n) is 5.71. The normalized spacial score (nSPS) is 13.3. The Bertz CT molecular complexity index is 938. The molecule has 0 fully saturated rings. The highest BCUT2D eigenvalue weighted by Crippen LogP contribution is 2.32. The molecule has 2 heterocycles. The number of fused-ring (bicyclic) bond motifs is 1. The van der Waals surface area contributed by atoms with Crippen molar-refractivity contribution in [3.63, 3.8) is 0 Å². The van der Waals surface area contributed by atoms with Crippen LogP contribution in [0.3, 0.4) is 0 Å². The molecule has 26 heavy (non-hydrogen) atoms. The predicted octanol–water partition coefficient (Wildman–Crippen LogP) is 3.06. The molecule has 7 heteroatoms. The summed E-state index contributed by atoms with van der Waals surface area (Å²) in [5.41, 5.74) is 1.49. The Morgan fingerprint density at radius 2 is 2.08 bits per heavy atom. The van der Waals surface area contributed by atoms with Gasteiger partial charge in [0, 0.05) is 5.56 Å². The van der Waals surface area contributed by atoms with E-state index < -0.39 is 0 Å². The zero-order chi connectivity index (χ0) is 17.9. The standard InChI is InChI=1S/C19H17N3O4/c1-2-24-14-7-5-6-13(10-14)19-20-17(26-21-19)11-22-15-8-3-4-9-16(15)25-12-18(22)23/h3-10H,2,11-12H2,1H3. The van der Waals surface area contributed by atoms with Crippen LogP contribution in [0.1, 0.15) is 12.8 Å². The van der Waals surface area contributed by atoms with Crippen LogP contribution in [0, 0.1) is 0 Å². The van der Waals surface area contributed by atoms with Crippen molar-refractivity contribution in [1.29, 1.82) is 0 Å². The Hall–Kier alpha value is -3.35. The van der Waals surface area contributed by atoms with E-state index in [1.165, 1.54) is 0 Å². The van der Waals surface area contributed by atoms with Gasteiger partial charge in [0.2, 0.25) is 11.7 Å². The monoisotopic (exact) mass is 351 g/mol. The van der Waals surface area contributed by atoms with Crippen LogP contribution in [0.4, 0.5) is 5.69 Å². The number of amides is 1. The van der Waals surface area contributed by atoms with Gasteiger partial charge in [-0.05, 0) is 31.2 Å². The molecule has 0 saturated heterocycles. The summed E-state index contributed by atoms with van der Waals surface area (Å²) >= 11 is 0. The lowest BCUT2D eigenvalue weighted by Crippen LogP contribution is -2.38. The molecule has 2 aromatic carbocycles. The minimum absolute atomic E-state index is 0.00555. The summed E-state index contributed by atoms with van der Waals surface area (Å²) in [5, 5.41) is 4.02. The van der Waals surface area contributed by atoms with Crippen LogP contribution < -0.4 is 14.4 Å². The Balaban J connectivity index is 1.58. The maximum atomic E-state index is 12.2. The lowest BCUT2D eigenvalue weighted by atomic mass is 10.2. The molecule has 132 valence electrons. The molecule has 0 radical (unpaired) electrons. The summed E-state index contributed by atoms with van der Waals surface area (Å²) in [7, 11) is 0. The van der Waals surface area contributed by atoms with Crippen LogP contribution in [-0.4, -0.2) is 29.3 Å². The number of anilines is 1. The van der Waals surface area contributed by atoms with Crippen LogP contribution in [0.25, 0.3) is 11.4 Å². The molecule has 0 spiro atoms. The Labute approximate surface area is 150 Å². The third-order valence-electron chi connectivity index (χ3n) is 3.97. The van der Waals surface area contributed by atoms with E-state index in [2.05, 4.69) is 10.1 Å². The lowest BCUT2D eigenvalue weighted by Gasteiger charge is -2.27. The highest BCUT2D eigenvalue weighted by molar-refractivity contribution is 5.97. The van der Waals surface area contributed by atoms with E-state index in [1.54, 1.807) is 4.90 Å². The SMILES string of the molecule is CCOc1cccc(-c2noc(CN3C(=O)COc4ccccc43)n2)c1. The van der Waals surface area contributed by atoms with Gasteiger partial charge >= 0.3 is 0 Å². The summed E-state index contributed by atoms with van der Waals surface area (Å²) in [5.74, 6) is 2.06. The number of carbonyl (C=O) groups is 1. The fraction of sp³-hybridized carbons (Fsp3) is 0.211. The molecule has 4 rings (SSSR count).